The van der Waals surface area contributed by atoms with E-state index in [4.69, 9.17) is 0 Å². The molecule has 6 nitrogen and oxygen atoms in total. The second-order valence-corrected chi connectivity index (χ2v) is 7.81. The SMILES string of the molecule is Cc1cc(C)n2ncc(C(=O)NC3=CCC(C#CCN4CCCCC4)C=C3)c2n1. The number of nitrogens with zero attached hydrogens (tertiary/aromatic N) is 4. The molecule has 1 fully saturated rings. The minimum absolute atomic E-state index is 0.192. The zero-order chi connectivity index (χ0) is 20.2. The number of nitrogens with one attached hydrogen (secondary N) is 1. The van der Waals surface area contributed by atoms with Gasteiger partial charge < -0.3 is 5.32 Å². The van der Waals surface area contributed by atoms with Gasteiger partial charge in [-0.15, -0.1) is 0 Å². The van der Waals surface area contributed by atoms with E-state index in [9.17, 15) is 4.79 Å². The molecule has 29 heavy (non-hydrogen) atoms. The van der Waals surface area contributed by atoms with Gasteiger partial charge in [-0.05, 0) is 58.3 Å². The lowest BCUT2D eigenvalue weighted by molar-refractivity contribution is 0.0968. The van der Waals surface area contributed by atoms with Crippen molar-refractivity contribution in [2.75, 3.05) is 19.6 Å². The molecule has 2 aliphatic rings. The van der Waals surface area contributed by atoms with Gasteiger partial charge in [-0.3, -0.25) is 9.69 Å². The maximum Gasteiger partial charge on any atom is 0.261 e. The number of likely N-dealkylation sites (tertiary alicyclic amines) is 1. The molecule has 150 valence electrons. The molecule has 6 heteroatoms. The lowest BCUT2D eigenvalue weighted by atomic mass is 10.00. The van der Waals surface area contributed by atoms with Crippen LogP contribution in [0.15, 0.2) is 36.2 Å². The summed E-state index contributed by atoms with van der Waals surface area (Å²) in [5.41, 5.74) is 3.69. The summed E-state index contributed by atoms with van der Waals surface area (Å²) in [7, 11) is 0. The van der Waals surface area contributed by atoms with E-state index in [1.807, 2.05) is 32.1 Å². The molecule has 1 amide bonds. The molecule has 1 unspecified atom stereocenters. The van der Waals surface area contributed by atoms with Crippen LogP contribution < -0.4 is 5.32 Å². The zero-order valence-corrected chi connectivity index (χ0v) is 17.1. The summed E-state index contributed by atoms with van der Waals surface area (Å²) < 4.78 is 1.70. The average Bonchev–Trinajstić information content (AvgIpc) is 3.14. The van der Waals surface area contributed by atoms with E-state index in [1.54, 1.807) is 10.7 Å². The van der Waals surface area contributed by atoms with Crippen LogP contribution in [0.3, 0.4) is 0 Å². The van der Waals surface area contributed by atoms with Crippen LogP contribution in [0, 0.1) is 31.6 Å². The predicted molar refractivity (Wildman–Crippen MR) is 113 cm³/mol. The highest BCUT2D eigenvalue weighted by Gasteiger charge is 2.17. The lowest BCUT2D eigenvalue weighted by Gasteiger charge is -2.23. The summed E-state index contributed by atoms with van der Waals surface area (Å²) in [4.78, 5) is 19.6. The minimum Gasteiger partial charge on any atom is -0.322 e. The Morgan fingerprint density at radius 3 is 2.86 bits per heavy atom. The molecule has 1 atom stereocenters. The Labute approximate surface area is 171 Å². The van der Waals surface area contributed by atoms with Crippen molar-refractivity contribution < 1.29 is 4.79 Å². The molecule has 1 saturated heterocycles. The van der Waals surface area contributed by atoms with Crippen LogP contribution in [0.25, 0.3) is 5.65 Å². The molecule has 3 heterocycles. The minimum atomic E-state index is -0.192. The number of carbonyl (C=O) groups excluding carboxylic acids is 1. The van der Waals surface area contributed by atoms with Crippen LogP contribution in [-0.2, 0) is 0 Å². The van der Waals surface area contributed by atoms with Crippen molar-refractivity contribution in [3.05, 3.63) is 53.1 Å². The number of fused-ring (bicyclic) bond motifs is 1. The summed E-state index contributed by atoms with van der Waals surface area (Å²) >= 11 is 0. The van der Waals surface area contributed by atoms with Crippen molar-refractivity contribution in [1.29, 1.82) is 0 Å². The molecule has 4 rings (SSSR count). The Balaban J connectivity index is 1.35. The number of aryl methyl sites for hydroxylation is 2. The third-order valence-electron chi connectivity index (χ3n) is 5.42. The quantitative estimate of drug-likeness (QED) is 0.820. The molecule has 0 radical (unpaired) electrons. The molecular weight excluding hydrogens is 362 g/mol. The number of allylic oxidation sites excluding steroid dienone is 3. The van der Waals surface area contributed by atoms with Crippen molar-refractivity contribution in [3.63, 3.8) is 0 Å². The highest BCUT2D eigenvalue weighted by Crippen LogP contribution is 2.16. The van der Waals surface area contributed by atoms with E-state index >= 15 is 0 Å². The molecule has 1 aliphatic heterocycles. The van der Waals surface area contributed by atoms with Crippen LogP contribution in [0.5, 0.6) is 0 Å². The lowest BCUT2D eigenvalue weighted by Crippen LogP contribution is -2.29. The van der Waals surface area contributed by atoms with Gasteiger partial charge in [-0.1, -0.05) is 30.4 Å². The number of hydrogen-bond acceptors (Lipinski definition) is 4. The van der Waals surface area contributed by atoms with E-state index in [1.165, 1.54) is 32.4 Å². The number of carbonyl (C=O) groups is 1. The van der Waals surface area contributed by atoms with Crippen molar-refractivity contribution >= 4 is 11.6 Å². The van der Waals surface area contributed by atoms with Crippen molar-refractivity contribution in [1.82, 2.24) is 24.8 Å². The summed E-state index contributed by atoms with van der Waals surface area (Å²) in [6.45, 7) is 7.07. The first-order valence-electron chi connectivity index (χ1n) is 10.3. The monoisotopic (exact) mass is 389 g/mol. The van der Waals surface area contributed by atoms with E-state index < -0.39 is 0 Å². The van der Waals surface area contributed by atoms with Gasteiger partial charge in [-0.25, -0.2) is 9.50 Å². The molecule has 0 saturated carbocycles. The smallest absolute Gasteiger partial charge is 0.261 e. The average molecular weight is 390 g/mol. The number of amides is 1. The first kappa shape index (κ1) is 19.4. The van der Waals surface area contributed by atoms with Gasteiger partial charge in [0, 0.05) is 23.0 Å². The van der Waals surface area contributed by atoms with Crippen LogP contribution in [-0.4, -0.2) is 45.0 Å². The second-order valence-electron chi connectivity index (χ2n) is 7.81. The highest BCUT2D eigenvalue weighted by atomic mass is 16.1. The Bertz CT molecular complexity index is 1030. The van der Waals surface area contributed by atoms with Crippen LogP contribution in [0.1, 0.15) is 47.4 Å². The van der Waals surface area contributed by atoms with E-state index in [0.29, 0.717) is 11.2 Å². The summed E-state index contributed by atoms with van der Waals surface area (Å²) in [6.07, 6.45) is 12.4. The molecule has 2 aromatic heterocycles. The van der Waals surface area contributed by atoms with E-state index in [2.05, 4.69) is 38.2 Å². The van der Waals surface area contributed by atoms with Gasteiger partial charge in [0.05, 0.1) is 12.7 Å². The molecule has 1 N–H and O–H groups in total. The zero-order valence-electron chi connectivity index (χ0n) is 17.1. The number of hydrogen-bond donors (Lipinski definition) is 1. The van der Waals surface area contributed by atoms with E-state index in [-0.39, 0.29) is 11.8 Å². The third kappa shape index (κ3) is 4.57. The molecule has 2 aromatic rings. The first-order valence-corrected chi connectivity index (χ1v) is 10.3. The summed E-state index contributed by atoms with van der Waals surface area (Å²) in [5.74, 6) is 6.69. The largest absolute Gasteiger partial charge is 0.322 e. The molecule has 0 bridgehead atoms. The molecule has 0 aromatic carbocycles. The van der Waals surface area contributed by atoms with Crippen LogP contribution >= 0.6 is 0 Å². The first-order chi connectivity index (χ1) is 14.1. The Hall–Kier alpha value is -2.91. The van der Waals surface area contributed by atoms with Crippen LogP contribution in [0.4, 0.5) is 0 Å². The highest BCUT2D eigenvalue weighted by molar-refractivity contribution is 6.00. The summed E-state index contributed by atoms with van der Waals surface area (Å²) in [6, 6.07) is 1.94. The van der Waals surface area contributed by atoms with E-state index in [0.717, 1.165) is 30.1 Å². The fourth-order valence-corrected chi connectivity index (χ4v) is 3.86. The van der Waals surface area contributed by atoms with Crippen molar-refractivity contribution in [2.24, 2.45) is 5.92 Å². The second kappa shape index (κ2) is 8.62. The van der Waals surface area contributed by atoms with Gasteiger partial charge >= 0.3 is 0 Å². The fraction of sp³-hybridized carbons (Fsp3) is 0.435. The Kier molecular flexibility index (Phi) is 5.77. The maximum atomic E-state index is 12.7. The van der Waals surface area contributed by atoms with Crippen molar-refractivity contribution in [3.8, 4) is 11.8 Å². The maximum absolute atomic E-state index is 12.7. The predicted octanol–water partition coefficient (Wildman–Crippen LogP) is 3.03. The number of rotatable bonds is 3. The summed E-state index contributed by atoms with van der Waals surface area (Å²) in [5, 5.41) is 7.26. The van der Waals surface area contributed by atoms with Gasteiger partial charge in [0.2, 0.25) is 0 Å². The van der Waals surface area contributed by atoms with Crippen molar-refractivity contribution in [2.45, 2.75) is 39.5 Å². The van der Waals surface area contributed by atoms with Gasteiger partial charge in [0.25, 0.3) is 5.91 Å². The van der Waals surface area contributed by atoms with Crippen LogP contribution in [0.2, 0.25) is 0 Å². The standard InChI is InChI=1S/C23H27N5O/c1-17-15-18(2)28-22(25-17)21(16-24-28)23(29)26-20-10-8-19(9-11-20)7-6-14-27-12-4-3-5-13-27/h8,10-11,15-16,19H,3-5,9,12-14H2,1-2H3,(H,26,29). The topological polar surface area (TPSA) is 62.5 Å². The Morgan fingerprint density at radius 2 is 2.10 bits per heavy atom. The molecule has 1 aliphatic carbocycles. The normalized spacial score (nSPS) is 19.5. The number of aromatic nitrogens is 3. The van der Waals surface area contributed by atoms with Gasteiger partial charge in [0.15, 0.2) is 5.65 Å². The molecular formula is C23H27N5O. The fourth-order valence-electron chi connectivity index (χ4n) is 3.86. The third-order valence-corrected chi connectivity index (χ3v) is 5.42. The van der Waals surface area contributed by atoms with Gasteiger partial charge in [0.1, 0.15) is 5.56 Å². The molecule has 0 spiro atoms. The Morgan fingerprint density at radius 1 is 1.28 bits per heavy atom. The number of piperidine rings is 1. The van der Waals surface area contributed by atoms with Gasteiger partial charge in [-0.2, -0.15) is 5.10 Å².